The van der Waals surface area contributed by atoms with E-state index in [4.69, 9.17) is 13.9 Å². The van der Waals surface area contributed by atoms with E-state index < -0.39 is 18.2 Å². The second kappa shape index (κ2) is 14.2. The predicted octanol–water partition coefficient (Wildman–Crippen LogP) is 8.46. The van der Waals surface area contributed by atoms with Gasteiger partial charge in [0.15, 0.2) is 18.2 Å². The highest BCUT2D eigenvalue weighted by Crippen LogP contribution is 2.43. The zero-order chi connectivity index (χ0) is 30.6. The summed E-state index contributed by atoms with van der Waals surface area (Å²) in [5.74, 6) is 0.799. The highest BCUT2D eigenvalue weighted by atomic mass is 32.2. The summed E-state index contributed by atoms with van der Waals surface area (Å²) in [6.45, 7) is 25.4. The molecule has 1 aromatic carbocycles. The fraction of sp³-hybridized carbons (Fsp3) is 0.765. The maximum atomic E-state index is 13.6. The van der Waals surface area contributed by atoms with Crippen LogP contribution in [-0.2, 0) is 23.7 Å². The van der Waals surface area contributed by atoms with E-state index in [1.54, 1.807) is 24.3 Å². The first-order valence-corrected chi connectivity index (χ1v) is 20.5. The highest BCUT2D eigenvalue weighted by molar-refractivity contribution is 7.91. The van der Waals surface area contributed by atoms with Gasteiger partial charge in [-0.3, -0.25) is 0 Å². The molecule has 8 atom stereocenters. The van der Waals surface area contributed by atoms with E-state index in [2.05, 4.69) is 68.1 Å². The fourth-order valence-corrected chi connectivity index (χ4v) is 9.03. The summed E-state index contributed by atoms with van der Waals surface area (Å²) >= 11 is 0. The molecule has 0 N–H and O–H groups in total. The Hall–Kier alpha value is -0.993. The lowest BCUT2D eigenvalue weighted by molar-refractivity contribution is -0.0704. The number of hydrogen-bond acceptors (Lipinski definition) is 5. The molecule has 5 nitrogen and oxygen atoms in total. The lowest BCUT2D eigenvalue weighted by Gasteiger charge is -2.38. The Morgan fingerprint density at radius 3 is 2.37 bits per heavy atom. The third kappa shape index (κ3) is 9.01. The minimum atomic E-state index is -3.46. The molecular formula is C34H58O5SSi. The van der Waals surface area contributed by atoms with Gasteiger partial charge in [0.25, 0.3) is 0 Å². The fourth-order valence-electron chi connectivity index (χ4n) is 6.11. The summed E-state index contributed by atoms with van der Waals surface area (Å²) in [6, 6.07) is 8.85. The minimum Gasteiger partial charge on any atom is -0.417 e. The van der Waals surface area contributed by atoms with Crippen molar-refractivity contribution in [2.24, 2.45) is 23.7 Å². The number of benzene rings is 1. The lowest BCUT2D eigenvalue weighted by Crippen LogP contribution is -2.42. The zero-order valence-corrected chi connectivity index (χ0v) is 29.1. The summed E-state index contributed by atoms with van der Waals surface area (Å²) in [5, 5.41) is 0.167. The zero-order valence-electron chi connectivity index (χ0n) is 27.3. The van der Waals surface area contributed by atoms with Crippen LogP contribution in [0.25, 0.3) is 0 Å². The van der Waals surface area contributed by atoms with Crippen molar-refractivity contribution >= 4 is 18.2 Å². The normalized spacial score (nSPS) is 30.5. The molecule has 0 spiro atoms. The molecule has 41 heavy (non-hydrogen) atoms. The molecule has 2 aliphatic rings. The van der Waals surface area contributed by atoms with Crippen molar-refractivity contribution in [1.82, 2.24) is 0 Å². The third-order valence-electron chi connectivity index (χ3n) is 10.1. The summed E-state index contributed by atoms with van der Waals surface area (Å²) in [4.78, 5) is 0.386. The highest BCUT2D eigenvalue weighted by Gasteiger charge is 2.46. The first-order chi connectivity index (χ1) is 19.1. The molecule has 0 aliphatic carbocycles. The number of hydrogen-bond donors (Lipinski definition) is 0. The van der Waals surface area contributed by atoms with Gasteiger partial charge in [0.2, 0.25) is 0 Å². The van der Waals surface area contributed by atoms with Gasteiger partial charge in [0, 0.05) is 18.9 Å². The SMILES string of the molecule is C=C1[C@H](C)CC(CCCC)O[C@@H]1CC1O[C@H](C[C@H](C)CO[Si](C)(C)C(C)(C)C)[C@H](C)[C@H]1CS(=O)(=O)c1ccccc1. The van der Waals surface area contributed by atoms with E-state index in [-0.39, 0.29) is 47.0 Å². The van der Waals surface area contributed by atoms with Crippen LogP contribution in [0.15, 0.2) is 47.4 Å². The van der Waals surface area contributed by atoms with Crippen molar-refractivity contribution in [2.75, 3.05) is 12.4 Å². The summed E-state index contributed by atoms with van der Waals surface area (Å²) in [6.07, 6.45) is 5.83. The third-order valence-corrected chi connectivity index (χ3v) is 16.4. The molecule has 0 aromatic heterocycles. The second-order valence-electron chi connectivity index (χ2n) is 14.6. The molecule has 2 unspecified atom stereocenters. The molecule has 2 heterocycles. The van der Waals surface area contributed by atoms with Crippen molar-refractivity contribution < 1.29 is 22.3 Å². The van der Waals surface area contributed by atoms with Crippen molar-refractivity contribution in [1.29, 1.82) is 0 Å². The number of rotatable bonds is 13. The topological polar surface area (TPSA) is 61.8 Å². The van der Waals surface area contributed by atoms with Gasteiger partial charge in [-0.1, -0.05) is 86.1 Å². The van der Waals surface area contributed by atoms with E-state index >= 15 is 0 Å². The lowest BCUT2D eigenvalue weighted by atomic mass is 9.81. The first kappa shape index (κ1) is 34.5. The Labute approximate surface area is 252 Å². The first-order valence-electron chi connectivity index (χ1n) is 16.0. The predicted molar refractivity (Wildman–Crippen MR) is 172 cm³/mol. The monoisotopic (exact) mass is 606 g/mol. The standard InChI is InChI=1S/C34H58O5SSi/c1-11-12-16-28-20-25(3)26(4)32(38-28)21-33-30(23-40(35,36)29-17-14-13-15-18-29)27(5)31(39-33)19-24(2)22-37-41(9,10)34(6,7)8/h13-15,17-18,24-25,27-28,30-33H,4,11-12,16,19-23H2,1-3,5-10H3/t24-,25+,27+,28?,30+,31+,32+,33?/m0/s1. The molecule has 0 radical (unpaired) electrons. The maximum absolute atomic E-state index is 13.6. The largest absolute Gasteiger partial charge is 0.417 e. The van der Waals surface area contributed by atoms with Crippen LogP contribution in [0.3, 0.4) is 0 Å². The molecule has 0 amide bonds. The van der Waals surface area contributed by atoms with Gasteiger partial charge < -0.3 is 13.9 Å². The molecule has 2 saturated heterocycles. The van der Waals surface area contributed by atoms with Gasteiger partial charge in [-0.05, 0) is 72.9 Å². The van der Waals surface area contributed by atoms with Gasteiger partial charge in [-0.25, -0.2) is 8.42 Å². The minimum absolute atomic E-state index is 0.0147. The summed E-state index contributed by atoms with van der Waals surface area (Å²) in [7, 11) is -5.30. The van der Waals surface area contributed by atoms with Crippen LogP contribution in [0.4, 0.5) is 0 Å². The number of ether oxygens (including phenoxy) is 2. The van der Waals surface area contributed by atoms with Crippen LogP contribution < -0.4 is 0 Å². The smallest absolute Gasteiger partial charge is 0.191 e. The molecule has 7 heteroatoms. The van der Waals surface area contributed by atoms with Gasteiger partial charge in [0.1, 0.15) is 0 Å². The van der Waals surface area contributed by atoms with E-state index in [1.807, 2.05) is 6.07 Å². The summed E-state index contributed by atoms with van der Waals surface area (Å²) < 4.78 is 47.1. The van der Waals surface area contributed by atoms with Crippen LogP contribution >= 0.6 is 0 Å². The molecule has 3 rings (SSSR count). The molecule has 234 valence electrons. The van der Waals surface area contributed by atoms with Crippen molar-refractivity contribution in [3.8, 4) is 0 Å². The summed E-state index contributed by atoms with van der Waals surface area (Å²) in [5.41, 5.74) is 1.12. The molecule has 1 aromatic rings. The van der Waals surface area contributed by atoms with Crippen LogP contribution in [0.1, 0.15) is 87.0 Å². The van der Waals surface area contributed by atoms with Crippen LogP contribution in [0.2, 0.25) is 18.1 Å². The molecule has 0 bridgehead atoms. The quantitative estimate of drug-likeness (QED) is 0.167. The van der Waals surface area contributed by atoms with Gasteiger partial charge >= 0.3 is 0 Å². The number of unbranched alkanes of at least 4 members (excludes halogenated alkanes) is 1. The van der Waals surface area contributed by atoms with Crippen LogP contribution in [0, 0.1) is 23.7 Å². The van der Waals surface area contributed by atoms with E-state index in [0.29, 0.717) is 29.8 Å². The van der Waals surface area contributed by atoms with E-state index in [1.165, 1.54) is 0 Å². The molecule has 0 saturated carbocycles. The van der Waals surface area contributed by atoms with Crippen molar-refractivity contribution in [3.63, 3.8) is 0 Å². The van der Waals surface area contributed by atoms with Gasteiger partial charge in [0.05, 0.1) is 35.1 Å². The second-order valence-corrected chi connectivity index (χ2v) is 21.4. The average Bonchev–Trinajstić information content (AvgIpc) is 3.17. The van der Waals surface area contributed by atoms with Crippen molar-refractivity contribution in [3.05, 3.63) is 42.5 Å². The van der Waals surface area contributed by atoms with Crippen molar-refractivity contribution in [2.45, 2.75) is 134 Å². The maximum Gasteiger partial charge on any atom is 0.191 e. The van der Waals surface area contributed by atoms with E-state index in [0.717, 1.165) is 37.7 Å². The molecule has 2 aliphatic heterocycles. The molecule has 2 fully saturated rings. The Balaban J connectivity index is 1.78. The Kier molecular flexibility index (Phi) is 11.9. The Morgan fingerprint density at radius 1 is 1.10 bits per heavy atom. The van der Waals surface area contributed by atoms with E-state index in [9.17, 15) is 8.42 Å². The number of sulfone groups is 1. The van der Waals surface area contributed by atoms with Crippen LogP contribution in [0.5, 0.6) is 0 Å². The van der Waals surface area contributed by atoms with Gasteiger partial charge in [-0.15, -0.1) is 0 Å². The Morgan fingerprint density at radius 2 is 1.76 bits per heavy atom. The average molecular weight is 607 g/mol. The van der Waals surface area contributed by atoms with Crippen LogP contribution in [-0.4, -0.2) is 53.5 Å². The Bertz CT molecular complexity index is 1080. The van der Waals surface area contributed by atoms with Gasteiger partial charge in [-0.2, -0.15) is 0 Å². The molecular weight excluding hydrogens is 549 g/mol.